The molecule has 116 valence electrons. The number of amides is 1. The van der Waals surface area contributed by atoms with E-state index in [4.69, 9.17) is 15.2 Å². The highest BCUT2D eigenvalue weighted by Crippen LogP contribution is 2.29. The van der Waals surface area contributed by atoms with Crippen molar-refractivity contribution in [3.05, 3.63) is 4.88 Å². The van der Waals surface area contributed by atoms with Crippen LogP contribution in [0.2, 0.25) is 0 Å². The van der Waals surface area contributed by atoms with Crippen molar-refractivity contribution in [2.24, 2.45) is 0 Å². The zero-order valence-corrected chi connectivity index (χ0v) is 12.8. The lowest BCUT2D eigenvalue weighted by atomic mass is 10.3. The van der Waals surface area contributed by atoms with Crippen molar-refractivity contribution in [2.75, 3.05) is 50.5 Å². The largest absolute Gasteiger partial charge is 0.465 e. The summed E-state index contributed by atoms with van der Waals surface area (Å²) in [5, 5.41) is 0.318. The summed E-state index contributed by atoms with van der Waals surface area (Å²) < 4.78 is 9.70. The number of esters is 1. The summed E-state index contributed by atoms with van der Waals surface area (Å²) in [7, 11) is 1.32. The fourth-order valence-corrected chi connectivity index (χ4v) is 2.86. The number of rotatable bonds is 3. The molecule has 0 spiro atoms. The van der Waals surface area contributed by atoms with E-state index < -0.39 is 5.97 Å². The van der Waals surface area contributed by atoms with E-state index in [0.717, 1.165) is 11.3 Å². The molecule has 2 rings (SSSR count). The van der Waals surface area contributed by atoms with Gasteiger partial charge < -0.3 is 25.0 Å². The van der Waals surface area contributed by atoms with Gasteiger partial charge in [-0.3, -0.25) is 0 Å². The topological polar surface area (TPSA) is 98.0 Å². The third-order valence-electron chi connectivity index (χ3n) is 3.10. The molecule has 8 nitrogen and oxygen atoms in total. The second kappa shape index (κ2) is 6.61. The zero-order valence-electron chi connectivity index (χ0n) is 12.0. The first-order valence-corrected chi connectivity index (χ1v) is 7.39. The Kier molecular flexibility index (Phi) is 4.84. The van der Waals surface area contributed by atoms with Crippen LogP contribution in [-0.2, 0) is 9.47 Å². The first kappa shape index (κ1) is 15.4. The standard InChI is InChI=1S/C12H18N4O4S/c1-3-20-12(18)16-6-4-15(5-7-16)9-8(10(17)19-2)21-11(13)14-9/h3-7H2,1-2H3,(H2,13,14). The average Bonchev–Trinajstić information content (AvgIpc) is 2.89. The highest BCUT2D eigenvalue weighted by atomic mass is 32.1. The number of carbonyl (C=O) groups excluding carboxylic acids is 2. The molecular formula is C12H18N4O4S. The first-order chi connectivity index (χ1) is 10.1. The number of thiazole rings is 1. The molecule has 0 saturated carbocycles. The number of nitrogen functional groups attached to an aromatic ring is 1. The molecule has 0 aromatic carbocycles. The van der Waals surface area contributed by atoms with E-state index in [0.29, 0.717) is 48.6 Å². The van der Waals surface area contributed by atoms with Gasteiger partial charge in [0, 0.05) is 26.2 Å². The minimum Gasteiger partial charge on any atom is -0.465 e. The molecule has 0 radical (unpaired) electrons. The summed E-state index contributed by atoms with van der Waals surface area (Å²) in [5.41, 5.74) is 5.68. The third-order valence-corrected chi connectivity index (χ3v) is 3.96. The number of hydrogen-bond acceptors (Lipinski definition) is 8. The average molecular weight is 314 g/mol. The van der Waals surface area contributed by atoms with Crippen molar-refractivity contribution in [1.29, 1.82) is 0 Å². The van der Waals surface area contributed by atoms with Crippen molar-refractivity contribution in [2.45, 2.75) is 6.92 Å². The van der Waals surface area contributed by atoms with E-state index in [9.17, 15) is 9.59 Å². The SMILES string of the molecule is CCOC(=O)N1CCN(c2nc(N)sc2C(=O)OC)CC1. The Morgan fingerprint density at radius 3 is 2.57 bits per heavy atom. The van der Waals surface area contributed by atoms with Gasteiger partial charge in [0.05, 0.1) is 13.7 Å². The van der Waals surface area contributed by atoms with Crippen molar-refractivity contribution in [3.63, 3.8) is 0 Å². The van der Waals surface area contributed by atoms with Crippen molar-refractivity contribution < 1.29 is 19.1 Å². The van der Waals surface area contributed by atoms with Gasteiger partial charge >= 0.3 is 12.1 Å². The van der Waals surface area contributed by atoms with Gasteiger partial charge in [-0.1, -0.05) is 11.3 Å². The monoisotopic (exact) mass is 314 g/mol. The normalized spacial score (nSPS) is 15.0. The fourth-order valence-electron chi connectivity index (χ4n) is 2.08. The maximum atomic E-state index is 11.7. The molecule has 1 aromatic rings. The van der Waals surface area contributed by atoms with E-state index in [-0.39, 0.29) is 6.09 Å². The molecule has 2 N–H and O–H groups in total. The van der Waals surface area contributed by atoms with Gasteiger partial charge in [0.25, 0.3) is 0 Å². The number of piperazine rings is 1. The molecule has 0 unspecified atom stereocenters. The van der Waals surface area contributed by atoms with Crippen LogP contribution in [0.4, 0.5) is 15.7 Å². The lowest BCUT2D eigenvalue weighted by Crippen LogP contribution is -2.49. The van der Waals surface area contributed by atoms with Crippen molar-refractivity contribution >= 4 is 34.3 Å². The number of methoxy groups -OCH3 is 1. The highest BCUT2D eigenvalue weighted by Gasteiger charge is 2.27. The summed E-state index contributed by atoms with van der Waals surface area (Å²) in [6, 6.07) is 0. The van der Waals surface area contributed by atoms with E-state index >= 15 is 0 Å². The molecule has 1 aromatic heterocycles. The molecule has 1 aliphatic heterocycles. The zero-order chi connectivity index (χ0) is 15.4. The van der Waals surface area contributed by atoms with Crippen LogP contribution in [0.5, 0.6) is 0 Å². The quantitative estimate of drug-likeness (QED) is 0.824. The maximum absolute atomic E-state index is 11.7. The molecule has 21 heavy (non-hydrogen) atoms. The van der Waals surface area contributed by atoms with Crippen LogP contribution in [0.1, 0.15) is 16.6 Å². The van der Waals surface area contributed by atoms with Gasteiger partial charge in [0.15, 0.2) is 15.8 Å². The molecule has 1 aliphatic rings. The molecular weight excluding hydrogens is 296 g/mol. The van der Waals surface area contributed by atoms with Crippen LogP contribution in [0.15, 0.2) is 0 Å². The van der Waals surface area contributed by atoms with Crippen LogP contribution in [0, 0.1) is 0 Å². The summed E-state index contributed by atoms with van der Waals surface area (Å²) in [4.78, 5) is 31.5. The third kappa shape index (κ3) is 3.35. The van der Waals surface area contributed by atoms with Gasteiger partial charge in [0.1, 0.15) is 0 Å². The molecule has 1 amide bonds. The highest BCUT2D eigenvalue weighted by molar-refractivity contribution is 7.17. The summed E-state index contributed by atoms with van der Waals surface area (Å²) >= 11 is 1.10. The Labute approximate surface area is 126 Å². The Morgan fingerprint density at radius 1 is 1.33 bits per heavy atom. The number of aromatic nitrogens is 1. The van der Waals surface area contributed by atoms with Crippen LogP contribution in [0.25, 0.3) is 0 Å². The lowest BCUT2D eigenvalue weighted by molar-refractivity contribution is 0.0606. The van der Waals surface area contributed by atoms with Gasteiger partial charge in [-0.2, -0.15) is 0 Å². The van der Waals surface area contributed by atoms with E-state index in [1.165, 1.54) is 7.11 Å². The maximum Gasteiger partial charge on any atom is 0.409 e. The summed E-state index contributed by atoms with van der Waals surface area (Å²) in [6.45, 7) is 4.27. The van der Waals surface area contributed by atoms with Crippen molar-refractivity contribution in [1.82, 2.24) is 9.88 Å². The minimum atomic E-state index is -0.452. The number of hydrogen-bond donors (Lipinski definition) is 1. The number of anilines is 2. The molecule has 2 heterocycles. The summed E-state index contributed by atoms with van der Waals surface area (Å²) in [5.74, 6) is 0.0693. The number of carbonyl (C=O) groups is 2. The lowest BCUT2D eigenvalue weighted by Gasteiger charge is -2.34. The Hall–Kier alpha value is -2.03. The molecule has 0 aliphatic carbocycles. The number of ether oxygens (including phenoxy) is 2. The number of nitrogens with two attached hydrogens (primary N) is 1. The summed E-state index contributed by atoms with van der Waals surface area (Å²) in [6.07, 6.45) is -0.317. The minimum absolute atomic E-state index is 0.317. The van der Waals surface area contributed by atoms with Crippen LogP contribution >= 0.6 is 11.3 Å². The predicted molar refractivity (Wildman–Crippen MR) is 78.7 cm³/mol. The van der Waals surface area contributed by atoms with Crippen molar-refractivity contribution in [3.8, 4) is 0 Å². The smallest absolute Gasteiger partial charge is 0.409 e. The Balaban J connectivity index is 2.05. The van der Waals surface area contributed by atoms with Gasteiger partial charge in [0.2, 0.25) is 0 Å². The van der Waals surface area contributed by atoms with E-state index in [2.05, 4.69) is 4.98 Å². The van der Waals surface area contributed by atoms with Crippen LogP contribution in [0.3, 0.4) is 0 Å². The van der Waals surface area contributed by atoms with Gasteiger partial charge in [-0.05, 0) is 6.92 Å². The molecule has 9 heteroatoms. The van der Waals surface area contributed by atoms with Crippen LogP contribution < -0.4 is 10.6 Å². The number of nitrogens with zero attached hydrogens (tertiary/aromatic N) is 3. The Bertz CT molecular complexity index is 525. The van der Waals surface area contributed by atoms with E-state index in [1.807, 2.05) is 4.90 Å². The molecule has 0 atom stereocenters. The van der Waals surface area contributed by atoms with Gasteiger partial charge in [-0.15, -0.1) is 0 Å². The predicted octanol–water partition coefficient (Wildman–Crippen LogP) is 0.790. The fraction of sp³-hybridized carbons (Fsp3) is 0.583. The first-order valence-electron chi connectivity index (χ1n) is 6.58. The molecule has 1 fully saturated rings. The van der Waals surface area contributed by atoms with Crippen LogP contribution in [-0.4, -0.2) is 61.8 Å². The molecule has 1 saturated heterocycles. The van der Waals surface area contributed by atoms with E-state index in [1.54, 1.807) is 11.8 Å². The second-order valence-corrected chi connectivity index (χ2v) is 5.40. The van der Waals surface area contributed by atoms with Gasteiger partial charge in [-0.25, -0.2) is 14.6 Å². The molecule has 0 bridgehead atoms. The second-order valence-electron chi connectivity index (χ2n) is 4.37. The Morgan fingerprint density at radius 2 is 2.00 bits per heavy atom.